The molecule has 0 aliphatic carbocycles. The fourth-order valence-electron chi connectivity index (χ4n) is 1.30. The van der Waals surface area contributed by atoms with E-state index in [9.17, 15) is 9.59 Å². The van der Waals surface area contributed by atoms with Crippen molar-refractivity contribution in [2.75, 3.05) is 12.3 Å². The Morgan fingerprint density at radius 1 is 1.50 bits per heavy atom. The maximum atomic E-state index is 11.9. The molecule has 0 saturated heterocycles. The van der Waals surface area contributed by atoms with Gasteiger partial charge in [-0.15, -0.1) is 0 Å². The van der Waals surface area contributed by atoms with Crippen LogP contribution in [0.4, 0.5) is 0 Å². The molecule has 0 atom stereocenters. The van der Waals surface area contributed by atoms with E-state index in [0.717, 1.165) is 12.2 Å². The normalized spacial score (nSPS) is 10.3. The lowest BCUT2D eigenvalue weighted by Gasteiger charge is -2.06. The highest BCUT2D eigenvalue weighted by molar-refractivity contribution is 9.10. The first-order valence-electron chi connectivity index (χ1n) is 6.20. The van der Waals surface area contributed by atoms with Gasteiger partial charge < -0.3 is 10.4 Å². The molecular weight excluding hydrogens is 346 g/mol. The fourth-order valence-corrected chi connectivity index (χ4v) is 2.34. The van der Waals surface area contributed by atoms with Gasteiger partial charge in [-0.25, -0.2) is 9.97 Å². The van der Waals surface area contributed by atoms with Crippen molar-refractivity contribution in [3.63, 3.8) is 0 Å². The lowest BCUT2D eigenvalue weighted by Crippen LogP contribution is -2.26. The Labute approximate surface area is 129 Å². The first-order valence-corrected chi connectivity index (χ1v) is 7.97. The van der Waals surface area contributed by atoms with E-state index in [1.165, 1.54) is 11.8 Å². The number of nitrogens with one attached hydrogen (secondary N) is 1. The molecule has 1 rings (SSSR count). The van der Waals surface area contributed by atoms with Crippen LogP contribution in [-0.2, 0) is 4.79 Å². The van der Waals surface area contributed by atoms with E-state index in [1.807, 2.05) is 0 Å². The van der Waals surface area contributed by atoms with Crippen molar-refractivity contribution in [2.24, 2.45) is 0 Å². The largest absolute Gasteiger partial charge is 0.481 e. The van der Waals surface area contributed by atoms with E-state index in [0.29, 0.717) is 22.6 Å². The molecule has 6 nitrogen and oxygen atoms in total. The zero-order valence-electron chi connectivity index (χ0n) is 11.1. The number of nitrogens with zero attached hydrogens (tertiary/aromatic N) is 2. The van der Waals surface area contributed by atoms with Gasteiger partial charge in [0.1, 0.15) is 5.69 Å². The number of rotatable bonds is 8. The number of hydrogen-bond donors (Lipinski definition) is 2. The van der Waals surface area contributed by atoms with Gasteiger partial charge >= 0.3 is 5.97 Å². The monoisotopic (exact) mass is 361 g/mol. The fraction of sp³-hybridized carbons (Fsp3) is 0.500. The third-order valence-corrected chi connectivity index (χ3v) is 3.87. The van der Waals surface area contributed by atoms with Crippen LogP contribution in [0.2, 0.25) is 0 Å². The molecule has 0 aliphatic heterocycles. The van der Waals surface area contributed by atoms with Gasteiger partial charge in [0.25, 0.3) is 5.91 Å². The number of aliphatic carboxylic acids is 1. The molecule has 0 fully saturated rings. The number of carbonyl (C=O) groups is 2. The van der Waals surface area contributed by atoms with Crippen LogP contribution < -0.4 is 5.32 Å². The Bertz CT molecular complexity index is 485. The standard InChI is InChI=1S/C12H16BrN3O3S/c1-2-6-20-12-15-7-8(13)10(16-12)11(19)14-5-3-4-9(17)18/h7H,2-6H2,1H3,(H,14,19)(H,17,18). The smallest absolute Gasteiger partial charge is 0.303 e. The maximum absolute atomic E-state index is 11.9. The molecule has 0 saturated carbocycles. The summed E-state index contributed by atoms with van der Waals surface area (Å²) < 4.78 is 0.522. The molecule has 1 amide bonds. The molecule has 0 aliphatic rings. The second-order valence-corrected chi connectivity index (χ2v) is 5.87. The molecule has 110 valence electrons. The molecule has 0 spiro atoms. The van der Waals surface area contributed by atoms with Gasteiger partial charge in [-0.2, -0.15) is 0 Å². The predicted molar refractivity (Wildman–Crippen MR) is 80.0 cm³/mol. The minimum absolute atomic E-state index is 0.0306. The van der Waals surface area contributed by atoms with Crippen molar-refractivity contribution >= 4 is 39.6 Å². The summed E-state index contributed by atoms with van der Waals surface area (Å²) in [5, 5.41) is 11.7. The van der Waals surface area contributed by atoms with Crippen molar-refractivity contribution in [1.82, 2.24) is 15.3 Å². The molecule has 20 heavy (non-hydrogen) atoms. The van der Waals surface area contributed by atoms with E-state index in [1.54, 1.807) is 6.20 Å². The van der Waals surface area contributed by atoms with Crippen LogP contribution in [0.3, 0.4) is 0 Å². The summed E-state index contributed by atoms with van der Waals surface area (Å²) in [6, 6.07) is 0. The van der Waals surface area contributed by atoms with Crippen LogP contribution in [0.1, 0.15) is 36.7 Å². The number of carboxylic acids is 1. The lowest BCUT2D eigenvalue weighted by atomic mass is 10.3. The number of carbonyl (C=O) groups excluding carboxylic acids is 1. The van der Waals surface area contributed by atoms with E-state index in [4.69, 9.17) is 5.11 Å². The van der Waals surface area contributed by atoms with Gasteiger partial charge in [0.2, 0.25) is 0 Å². The van der Waals surface area contributed by atoms with E-state index in [2.05, 4.69) is 38.1 Å². The Morgan fingerprint density at radius 2 is 2.25 bits per heavy atom. The van der Waals surface area contributed by atoms with Crippen LogP contribution in [0.5, 0.6) is 0 Å². The van der Waals surface area contributed by atoms with Crippen LogP contribution in [0.25, 0.3) is 0 Å². The Morgan fingerprint density at radius 3 is 2.90 bits per heavy atom. The molecule has 0 radical (unpaired) electrons. The summed E-state index contributed by atoms with van der Waals surface area (Å²) in [4.78, 5) is 30.6. The number of thioether (sulfide) groups is 1. The van der Waals surface area contributed by atoms with Crippen LogP contribution in [-0.4, -0.2) is 39.2 Å². The zero-order valence-corrected chi connectivity index (χ0v) is 13.5. The molecule has 0 aromatic carbocycles. The van der Waals surface area contributed by atoms with Gasteiger partial charge in [-0.1, -0.05) is 18.7 Å². The van der Waals surface area contributed by atoms with Crippen molar-refractivity contribution in [1.29, 1.82) is 0 Å². The summed E-state index contributed by atoms with van der Waals surface area (Å²) in [5.74, 6) is -0.315. The van der Waals surface area contributed by atoms with Crippen LogP contribution in [0, 0.1) is 0 Å². The summed E-state index contributed by atoms with van der Waals surface area (Å²) in [5.41, 5.74) is 0.272. The molecule has 1 heterocycles. The number of hydrogen-bond acceptors (Lipinski definition) is 5. The first kappa shape index (κ1) is 16.9. The predicted octanol–water partition coefficient (Wildman–Crippen LogP) is 2.34. The van der Waals surface area contributed by atoms with Gasteiger partial charge in [-0.3, -0.25) is 9.59 Å². The van der Waals surface area contributed by atoms with Crippen LogP contribution in [0.15, 0.2) is 15.8 Å². The topological polar surface area (TPSA) is 92.2 Å². The number of amides is 1. The summed E-state index contributed by atoms with van der Waals surface area (Å²) >= 11 is 4.73. The Hall–Kier alpha value is -1.15. The average Bonchev–Trinajstić information content (AvgIpc) is 2.42. The Balaban J connectivity index is 2.59. The molecule has 2 N–H and O–H groups in total. The quantitative estimate of drug-likeness (QED) is 0.419. The highest BCUT2D eigenvalue weighted by atomic mass is 79.9. The van der Waals surface area contributed by atoms with Gasteiger partial charge in [0.15, 0.2) is 5.16 Å². The number of halogens is 1. The van der Waals surface area contributed by atoms with Crippen molar-refractivity contribution in [2.45, 2.75) is 31.3 Å². The minimum Gasteiger partial charge on any atom is -0.481 e. The molecule has 1 aromatic heterocycles. The van der Waals surface area contributed by atoms with E-state index < -0.39 is 5.97 Å². The van der Waals surface area contributed by atoms with Crippen molar-refractivity contribution in [3.05, 3.63) is 16.4 Å². The average molecular weight is 362 g/mol. The second-order valence-electron chi connectivity index (χ2n) is 3.95. The molecular formula is C12H16BrN3O3S. The minimum atomic E-state index is -0.874. The molecule has 0 bridgehead atoms. The molecule has 1 aromatic rings. The summed E-state index contributed by atoms with van der Waals surface area (Å²) in [6.45, 7) is 2.36. The highest BCUT2D eigenvalue weighted by Gasteiger charge is 2.13. The van der Waals surface area contributed by atoms with Gasteiger partial charge in [0.05, 0.1) is 4.47 Å². The number of carboxylic acid groups (broad SMARTS) is 1. The molecule has 0 unspecified atom stereocenters. The highest BCUT2D eigenvalue weighted by Crippen LogP contribution is 2.19. The third kappa shape index (κ3) is 5.87. The number of aromatic nitrogens is 2. The van der Waals surface area contributed by atoms with E-state index >= 15 is 0 Å². The first-order chi connectivity index (χ1) is 9.54. The van der Waals surface area contributed by atoms with Gasteiger partial charge in [0, 0.05) is 24.9 Å². The maximum Gasteiger partial charge on any atom is 0.303 e. The van der Waals surface area contributed by atoms with Crippen LogP contribution >= 0.6 is 27.7 Å². The SMILES string of the molecule is CCCSc1ncc(Br)c(C(=O)NCCCC(=O)O)n1. The van der Waals surface area contributed by atoms with Crippen molar-refractivity contribution < 1.29 is 14.7 Å². The van der Waals surface area contributed by atoms with Gasteiger partial charge in [-0.05, 0) is 28.8 Å². The van der Waals surface area contributed by atoms with Crippen molar-refractivity contribution in [3.8, 4) is 0 Å². The third-order valence-electron chi connectivity index (χ3n) is 2.23. The Kier molecular flexibility index (Phi) is 7.53. The zero-order chi connectivity index (χ0) is 15.0. The second kappa shape index (κ2) is 8.91. The lowest BCUT2D eigenvalue weighted by molar-refractivity contribution is -0.137. The summed E-state index contributed by atoms with van der Waals surface area (Å²) in [7, 11) is 0. The summed E-state index contributed by atoms with van der Waals surface area (Å²) in [6.07, 6.45) is 2.97. The van der Waals surface area contributed by atoms with E-state index in [-0.39, 0.29) is 18.0 Å². The molecule has 8 heteroatoms.